The summed E-state index contributed by atoms with van der Waals surface area (Å²) in [5, 5.41) is 3.97. The van der Waals surface area contributed by atoms with Gasteiger partial charge in [-0.25, -0.2) is 9.97 Å². The number of nitrogens with one attached hydrogen (secondary N) is 1. The number of aromatic nitrogens is 2. The van der Waals surface area contributed by atoms with Gasteiger partial charge in [0.15, 0.2) is 5.16 Å². The Balaban J connectivity index is 2.16. The monoisotopic (exact) mass is 280 g/mol. The highest BCUT2D eigenvalue weighted by molar-refractivity contribution is 7.98. The summed E-state index contributed by atoms with van der Waals surface area (Å²) in [4.78, 5) is 11.5. The van der Waals surface area contributed by atoms with Gasteiger partial charge < -0.3 is 10.2 Å². The van der Waals surface area contributed by atoms with Crippen LogP contribution >= 0.6 is 11.8 Å². The first-order valence-electron chi connectivity index (χ1n) is 7.12. The number of anilines is 2. The van der Waals surface area contributed by atoms with Crippen molar-refractivity contribution in [2.75, 3.05) is 36.6 Å². The van der Waals surface area contributed by atoms with Gasteiger partial charge in [-0.05, 0) is 31.4 Å². The Morgan fingerprint density at radius 3 is 2.89 bits per heavy atom. The van der Waals surface area contributed by atoms with E-state index in [-0.39, 0.29) is 0 Å². The smallest absolute Gasteiger partial charge is 0.191 e. The fourth-order valence-corrected chi connectivity index (χ4v) is 2.97. The first-order chi connectivity index (χ1) is 9.26. The standard InChI is InChI=1S/C14H24N4S/c1-4-11-6-5-8-18(9-7-11)13-10-12(15-2)16-14(17-13)19-3/h10-11H,4-9H2,1-3H3,(H,15,16,17). The van der Waals surface area contributed by atoms with Gasteiger partial charge in [0, 0.05) is 26.2 Å². The first-order valence-corrected chi connectivity index (χ1v) is 8.35. The van der Waals surface area contributed by atoms with Crippen molar-refractivity contribution in [3.63, 3.8) is 0 Å². The lowest BCUT2D eigenvalue weighted by molar-refractivity contribution is 0.459. The molecule has 1 saturated heterocycles. The third-order valence-corrected chi connectivity index (χ3v) is 4.43. The molecule has 2 rings (SSSR count). The molecule has 0 aromatic carbocycles. The van der Waals surface area contributed by atoms with Crippen LogP contribution in [0.4, 0.5) is 11.6 Å². The third kappa shape index (κ3) is 3.75. The van der Waals surface area contributed by atoms with Crippen LogP contribution in [-0.4, -0.2) is 36.4 Å². The van der Waals surface area contributed by atoms with Crippen molar-refractivity contribution in [2.24, 2.45) is 5.92 Å². The van der Waals surface area contributed by atoms with Crippen molar-refractivity contribution in [3.8, 4) is 0 Å². The number of rotatable bonds is 4. The fourth-order valence-electron chi connectivity index (χ4n) is 2.60. The maximum Gasteiger partial charge on any atom is 0.191 e. The van der Waals surface area contributed by atoms with Gasteiger partial charge in [0.2, 0.25) is 0 Å². The fraction of sp³-hybridized carbons (Fsp3) is 0.714. The third-order valence-electron chi connectivity index (χ3n) is 3.88. The molecule has 1 N–H and O–H groups in total. The summed E-state index contributed by atoms with van der Waals surface area (Å²) in [6.45, 7) is 4.53. The molecule has 0 bridgehead atoms. The van der Waals surface area contributed by atoms with Crippen LogP contribution in [-0.2, 0) is 0 Å². The van der Waals surface area contributed by atoms with Crippen molar-refractivity contribution >= 4 is 23.4 Å². The molecule has 0 amide bonds. The Morgan fingerprint density at radius 1 is 1.37 bits per heavy atom. The van der Waals surface area contributed by atoms with Gasteiger partial charge >= 0.3 is 0 Å². The molecule has 0 radical (unpaired) electrons. The van der Waals surface area contributed by atoms with Crippen LogP contribution in [0.2, 0.25) is 0 Å². The lowest BCUT2D eigenvalue weighted by Gasteiger charge is -2.22. The molecule has 1 atom stereocenters. The average molecular weight is 280 g/mol. The second kappa shape index (κ2) is 6.98. The number of hydrogen-bond acceptors (Lipinski definition) is 5. The number of nitrogens with zero attached hydrogens (tertiary/aromatic N) is 3. The SMILES string of the molecule is CCC1CCCN(c2cc(NC)nc(SC)n2)CC1. The zero-order chi connectivity index (χ0) is 13.7. The molecular formula is C14H24N4S. The topological polar surface area (TPSA) is 41.0 Å². The second-order valence-corrected chi connectivity index (χ2v) is 5.81. The van der Waals surface area contributed by atoms with Crippen molar-refractivity contribution in [1.82, 2.24) is 9.97 Å². The lowest BCUT2D eigenvalue weighted by atomic mass is 9.98. The van der Waals surface area contributed by atoms with Crippen molar-refractivity contribution in [2.45, 2.75) is 37.8 Å². The Hall–Kier alpha value is -0.970. The molecular weight excluding hydrogens is 256 g/mol. The van der Waals surface area contributed by atoms with Crippen LogP contribution in [0.3, 0.4) is 0 Å². The largest absolute Gasteiger partial charge is 0.373 e. The van der Waals surface area contributed by atoms with Crippen LogP contribution in [0, 0.1) is 5.92 Å². The zero-order valence-electron chi connectivity index (χ0n) is 12.1. The van der Waals surface area contributed by atoms with Crippen LogP contribution in [0.15, 0.2) is 11.2 Å². The molecule has 0 aliphatic carbocycles. The van der Waals surface area contributed by atoms with Gasteiger partial charge in [-0.15, -0.1) is 0 Å². The Bertz CT molecular complexity index is 388. The summed E-state index contributed by atoms with van der Waals surface area (Å²) in [5.74, 6) is 2.86. The first kappa shape index (κ1) is 14.4. The zero-order valence-corrected chi connectivity index (χ0v) is 13.0. The van der Waals surface area contributed by atoms with Gasteiger partial charge in [0.25, 0.3) is 0 Å². The Morgan fingerprint density at radius 2 is 2.21 bits per heavy atom. The minimum absolute atomic E-state index is 0.845. The molecule has 1 fully saturated rings. The van der Waals surface area contributed by atoms with Gasteiger partial charge in [-0.1, -0.05) is 25.1 Å². The molecule has 4 nitrogen and oxygen atoms in total. The summed E-state index contributed by atoms with van der Waals surface area (Å²) < 4.78 is 0. The summed E-state index contributed by atoms with van der Waals surface area (Å²) in [5.41, 5.74) is 0. The van der Waals surface area contributed by atoms with E-state index in [1.54, 1.807) is 11.8 Å². The van der Waals surface area contributed by atoms with Gasteiger partial charge in [0.05, 0.1) is 0 Å². The molecule has 1 aliphatic heterocycles. The Labute approximate surface area is 120 Å². The maximum absolute atomic E-state index is 4.65. The molecule has 0 spiro atoms. The molecule has 1 unspecified atom stereocenters. The Kier molecular flexibility index (Phi) is 5.31. The van der Waals surface area contributed by atoms with E-state index < -0.39 is 0 Å². The normalized spacial score (nSPS) is 20.2. The maximum atomic E-state index is 4.65. The summed E-state index contributed by atoms with van der Waals surface area (Å²) in [6, 6.07) is 2.06. The van der Waals surface area contributed by atoms with E-state index in [1.807, 2.05) is 13.3 Å². The quantitative estimate of drug-likeness (QED) is 0.677. The molecule has 2 heterocycles. The average Bonchev–Trinajstić information content (AvgIpc) is 2.72. The van der Waals surface area contributed by atoms with Gasteiger partial charge in [0.1, 0.15) is 11.6 Å². The number of thioether (sulfide) groups is 1. The molecule has 1 aliphatic rings. The van der Waals surface area contributed by atoms with Crippen molar-refractivity contribution in [1.29, 1.82) is 0 Å². The molecule has 5 heteroatoms. The highest BCUT2D eigenvalue weighted by Gasteiger charge is 2.17. The second-order valence-electron chi connectivity index (χ2n) is 5.04. The predicted octanol–water partition coefficient (Wildman–Crippen LogP) is 3.26. The molecule has 1 aromatic rings. The van der Waals surface area contributed by atoms with E-state index in [1.165, 1.54) is 25.7 Å². The van der Waals surface area contributed by atoms with Crippen molar-refractivity contribution in [3.05, 3.63) is 6.07 Å². The van der Waals surface area contributed by atoms with Gasteiger partial charge in [-0.2, -0.15) is 0 Å². The van der Waals surface area contributed by atoms with E-state index in [2.05, 4.69) is 33.2 Å². The van der Waals surface area contributed by atoms with Crippen LogP contribution in [0.1, 0.15) is 32.6 Å². The highest BCUT2D eigenvalue weighted by Crippen LogP contribution is 2.25. The summed E-state index contributed by atoms with van der Waals surface area (Å²) >= 11 is 1.60. The van der Waals surface area contributed by atoms with Crippen LogP contribution in [0.5, 0.6) is 0 Å². The number of hydrogen-bond donors (Lipinski definition) is 1. The molecule has 106 valence electrons. The van der Waals surface area contributed by atoms with Crippen molar-refractivity contribution < 1.29 is 0 Å². The minimum atomic E-state index is 0.845. The molecule has 0 saturated carbocycles. The lowest BCUT2D eigenvalue weighted by Crippen LogP contribution is -2.25. The van der Waals surface area contributed by atoms with Gasteiger partial charge in [-0.3, -0.25) is 0 Å². The van der Waals surface area contributed by atoms with E-state index in [9.17, 15) is 0 Å². The minimum Gasteiger partial charge on any atom is -0.373 e. The molecule has 19 heavy (non-hydrogen) atoms. The van der Waals surface area contributed by atoms with Crippen LogP contribution < -0.4 is 10.2 Å². The van der Waals surface area contributed by atoms with E-state index in [0.717, 1.165) is 35.8 Å². The van der Waals surface area contributed by atoms with E-state index >= 15 is 0 Å². The molecule has 1 aromatic heterocycles. The van der Waals surface area contributed by atoms with E-state index in [0.29, 0.717) is 0 Å². The highest BCUT2D eigenvalue weighted by atomic mass is 32.2. The predicted molar refractivity (Wildman–Crippen MR) is 83.2 cm³/mol. The summed E-state index contributed by atoms with van der Waals surface area (Å²) in [7, 11) is 1.91. The van der Waals surface area contributed by atoms with E-state index in [4.69, 9.17) is 0 Å². The summed E-state index contributed by atoms with van der Waals surface area (Å²) in [6.07, 6.45) is 7.23. The van der Waals surface area contributed by atoms with Crippen LogP contribution in [0.25, 0.3) is 0 Å².